The van der Waals surface area contributed by atoms with Crippen LogP contribution in [0.3, 0.4) is 0 Å². The highest BCUT2D eigenvalue weighted by Crippen LogP contribution is 2.48. The fraction of sp³-hybridized carbons (Fsp3) is 0.138. The van der Waals surface area contributed by atoms with Crippen LogP contribution in [0.15, 0.2) is 207 Å². The summed E-state index contributed by atoms with van der Waals surface area (Å²) in [7, 11) is 0. The van der Waals surface area contributed by atoms with Crippen LogP contribution in [0.4, 0.5) is 28.4 Å². The lowest BCUT2D eigenvalue weighted by Crippen LogP contribution is -2.31. The van der Waals surface area contributed by atoms with Crippen LogP contribution in [0.5, 0.6) is 0 Å². The first-order valence-corrected chi connectivity index (χ1v) is 22.5. The summed E-state index contributed by atoms with van der Waals surface area (Å²) in [6.07, 6.45) is 42.2. The zero-order valence-electron chi connectivity index (χ0n) is 35.7. The van der Waals surface area contributed by atoms with Gasteiger partial charge in [0.25, 0.3) is 0 Å². The van der Waals surface area contributed by atoms with Crippen molar-refractivity contribution < 1.29 is 0 Å². The lowest BCUT2D eigenvalue weighted by atomic mass is 9.92. The molecule has 0 aliphatic heterocycles. The zero-order valence-corrected chi connectivity index (χ0v) is 35.7. The van der Waals surface area contributed by atoms with E-state index in [0.717, 1.165) is 89.0 Å². The first-order valence-electron chi connectivity index (χ1n) is 22.5. The molecule has 0 radical (unpaired) electrons. The highest BCUT2D eigenvalue weighted by atomic mass is 15.2. The minimum Gasteiger partial charge on any atom is -0.331 e. The summed E-state index contributed by atoms with van der Waals surface area (Å²) < 4.78 is 0. The molecule has 4 aliphatic carbocycles. The van der Waals surface area contributed by atoms with Crippen molar-refractivity contribution in [2.24, 2.45) is 0 Å². The van der Waals surface area contributed by atoms with E-state index in [9.17, 15) is 0 Å². The third-order valence-electron chi connectivity index (χ3n) is 12.9. The quantitative estimate of drug-likeness (QED) is 0.101. The molecule has 4 aliphatic rings. The van der Waals surface area contributed by atoms with E-state index in [4.69, 9.17) is 19.9 Å². The second-order valence-electron chi connectivity index (χ2n) is 16.8. The molecule has 0 N–H and O–H groups in total. The summed E-state index contributed by atoms with van der Waals surface area (Å²) in [5, 5.41) is 0. The van der Waals surface area contributed by atoms with Gasteiger partial charge in [0.2, 0.25) is 0 Å². The van der Waals surface area contributed by atoms with Gasteiger partial charge in [-0.25, -0.2) is 0 Å². The first-order chi connectivity index (χ1) is 31.8. The van der Waals surface area contributed by atoms with E-state index >= 15 is 0 Å². The molecule has 6 nitrogen and oxygen atoms in total. The topological polar surface area (TPSA) is 58.0 Å². The molecule has 64 heavy (non-hydrogen) atoms. The molecule has 310 valence electrons. The molecule has 2 atom stereocenters. The summed E-state index contributed by atoms with van der Waals surface area (Å²) in [4.78, 5) is 25.6. The minimum atomic E-state index is -0.0415. The molecule has 2 unspecified atom stereocenters. The number of aromatic nitrogens is 4. The number of hydrogen-bond donors (Lipinski definition) is 0. The summed E-state index contributed by atoms with van der Waals surface area (Å²) >= 11 is 0. The van der Waals surface area contributed by atoms with Gasteiger partial charge in [0.1, 0.15) is 27.8 Å². The van der Waals surface area contributed by atoms with Gasteiger partial charge in [-0.15, -0.1) is 0 Å². The monoisotopic (exact) mass is 828 g/mol. The highest BCUT2D eigenvalue weighted by Gasteiger charge is 2.31. The van der Waals surface area contributed by atoms with E-state index in [-0.39, 0.29) is 6.04 Å². The summed E-state index contributed by atoms with van der Waals surface area (Å²) in [6.45, 7) is 0. The van der Waals surface area contributed by atoms with E-state index in [1.54, 1.807) is 24.8 Å². The summed E-state index contributed by atoms with van der Waals surface area (Å²) in [6, 6.07) is 37.5. The van der Waals surface area contributed by atoms with Gasteiger partial charge in [-0.3, -0.25) is 19.9 Å². The fourth-order valence-corrected chi connectivity index (χ4v) is 9.62. The van der Waals surface area contributed by atoms with Gasteiger partial charge < -0.3 is 9.80 Å². The Morgan fingerprint density at radius 2 is 1.03 bits per heavy atom. The van der Waals surface area contributed by atoms with Crippen LogP contribution in [0.2, 0.25) is 0 Å². The normalized spacial score (nSPS) is 17.9. The smallest absolute Gasteiger partial charge is 0.117 e. The van der Waals surface area contributed by atoms with Crippen molar-refractivity contribution in [3.05, 3.63) is 229 Å². The van der Waals surface area contributed by atoms with E-state index in [2.05, 4.69) is 192 Å². The van der Waals surface area contributed by atoms with E-state index in [1.165, 1.54) is 39.0 Å². The van der Waals surface area contributed by atoms with Gasteiger partial charge in [0, 0.05) is 47.8 Å². The van der Waals surface area contributed by atoms with Crippen LogP contribution in [-0.4, -0.2) is 26.0 Å². The Labute approximate surface area is 375 Å². The second kappa shape index (κ2) is 17.6. The average Bonchev–Trinajstić information content (AvgIpc) is 3.39. The van der Waals surface area contributed by atoms with Crippen molar-refractivity contribution >= 4 is 67.2 Å². The molecule has 7 aromatic rings. The molecule has 11 rings (SSSR count). The first kappa shape index (κ1) is 39.2. The SMILES string of the molecule is C1=CCCC(c2ccc(N(c3ccc(C4C=CC=CC4)cc3)c3c4nccnc4c(N(c4ccc(C5=CC=CCC5)cc4)C4C=CC(c5ccccc5)=CC4)c4nccnc34)cc2)=C1. The lowest BCUT2D eigenvalue weighted by Gasteiger charge is -2.35. The molecule has 5 aromatic carbocycles. The van der Waals surface area contributed by atoms with Crippen molar-refractivity contribution in [2.75, 3.05) is 9.80 Å². The van der Waals surface area contributed by atoms with Crippen molar-refractivity contribution in [2.45, 2.75) is 50.5 Å². The number of rotatable bonds is 10. The minimum absolute atomic E-state index is 0.0415. The maximum atomic E-state index is 5.22. The van der Waals surface area contributed by atoms with Gasteiger partial charge in [0.05, 0.1) is 11.7 Å². The molecule has 2 heterocycles. The number of allylic oxidation sites excluding steroid dienone is 14. The molecular weight excluding hydrogens is 781 g/mol. The summed E-state index contributed by atoms with van der Waals surface area (Å²) in [5.41, 5.74) is 16.7. The number of hydrogen-bond acceptors (Lipinski definition) is 6. The van der Waals surface area contributed by atoms with Crippen molar-refractivity contribution in [1.29, 1.82) is 0 Å². The second-order valence-corrected chi connectivity index (χ2v) is 16.8. The van der Waals surface area contributed by atoms with Crippen molar-refractivity contribution in [3.8, 4) is 0 Å². The fourth-order valence-electron chi connectivity index (χ4n) is 9.62. The molecule has 0 fully saturated rings. The Morgan fingerprint density at radius 3 is 1.55 bits per heavy atom. The van der Waals surface area contributed by atoms with E-state index in [0.29, 0.717) is 5.92 Å². The Hall–Kier alpha value is -7.70. The summed E-state index contributed by atoms with van der Waals surface area (Å²) in [5.74, 6) is 0.339. The van der Waals surface area contributed by atoms with E-state index in [1.807, 2.05) is 0 Å². The van der Waals surface area contributed by atoms with Gasteiger partial charge >= 0.3 is 0 Å². The van der Waals surface area contributed by atoms with Crippen molar-refractivity contribution in [3.63, 3.8) is 0 Å². The van der Waals surface area contributed by atoms with E-state index < -0.39 is 0 Å². The van der Waals surface area contributed by atoms with Crippen LogP contribution in [0.1, 0.15) is 66.7 Å². The third-order valence-corrected chi connectivity index (χ3v) is 12.9. The molecule has 6 heteroatoms. The molecule has 0 saturated heterocycles. The van der Waals surface area contributed by atoms with Crippen LogP contribution in [-0.2, 0) is 0 Å². The largest absolute Gasteiger partial charge is 0.331 e. The Bertz CT molecular complexity index is 3040. The maximum absolute atomic E-state index is 5.22. The molecule has 0 spiro atoms. The molecule has 0 saturated carbocycles. The Kier molecular flexibility index (Phi) is 10.8. The van der Waals surface area contributed by atoms with Gasteiger partial charge in [-0.1, -0.05) is 146 Å². The number of benzene rings is 5. The predicted octanol–water partition coefficient (Wildman–Crippen LogP) is 14.7. The third kappa shape index (κ3) is 7.62. The molecular formula is C58H48N6. The van der Waals surface area contributed by atoms with Crippen LogP contribution >= 0.6 is 0 Å². The number of anilines is 5. The Morgan fingerprint density at radius 1 is 0.469 bits per heavy atom. The Balaban J connectivity index is 1.10. The average molecular weight is 829 g/mol. The molecule has 0 amide bonds. The van der Waals surface area contributed by atoms with Crippen molar-refractivity contribution in [1.82, 2.24) is 19.9 Å². The maximum Gasteiger partial charge on any atom is 0.117 e. The zero-order chi connectivity index (χ0) is 42.7. The number of nitrogens with zero attached hydrogens (tertiary/aromatic N) is 6. The predicted molar refractivity (Wildman–Crippen MR) is 266 cm³/mol. The van der Waals surface area contributed by atoms with Crippen LogP contribution in [0, 0.1) is 0 Å². The van der Waals surface area contributed by atoms with Crippen LogP contribution < -0.4 is 9.80 Å². The number of fused-ring (bicyclic) bond motifs is 2. The highest BCUT2D eigenvalue weighted by molar-refractivity contribution is 6.17. The van der Waals surface area contributed by atoms with Gasteiger partial charge in [0.15, 0.2) is 0 Å². The standard InChI is InChI=1S/C58H48N6/c1-5-13-41(14-6-1)45-21-29-49(30-22-45)63(50-31-23-46(24-32-50)42-15-7-2-8-16-42)57-53-55(61-39-37-59-53)58(56-54(57)60-38-40-62-56)64(51-33-25-47(26-34-51)43-17-9-3-10-18-43)52-35-27-48(28-36-52)44-19-11-4-12-20-44/h1-7,9-11,13-15,17,19,21-29,31-40,43,49H,8,12,16,18,20,30H2. The lowest BCUT2D eigenvalue weighted by molar-refractivity contribution is 0.790. The molecule has 2 aromatic heterocycles. The van der Waals surface area contributed by atoms with Gasteiger partial charge in [-0.05, 0) is 114 Å². The van der Waals surface area contributed by atoms with Gasteiger partial charge in [-0.2, -0.15) is 0 Å². The van der Waals surface area contributed by atoms with Crippen LogP contribution in [0.25, 0.3) is 38.8 Å². The molecule has 0 bridgehead atoms.